The average molecular weight is 550 g/mol. The first kappa shape index (κ1) is 26.9. The molecule has 1 saturated heterocycles. The Morgan fingerprint density at radius 1 is 1.02 bits per heavy atom. The van der Waals surface area contributed by atoms with E-state index in [1.54, 1.807) is 13.3 Å². The Hall–Kier alpha value is -4.74. The summed E-state index contributed by atoms with van der Waals surface area (Å²) in [4.78, 5) is 29.1. The third-order valence-corrected chi connectivity index (χ3v) is 6.61. The topological polar surface area (TPSA) is 105 Å². The highest BCUT2D eigenvalue weighted by molar-refractivity contribution is 5.92. The number of amides is 2. The van der Waals surface area contributed by atoms with E-state index in [9.17, 15) is 13.6 Å². The zero-order chi connectivity index (χ0) is 28.2. The number of likely N-dealkylation sites (tertiary alicyclic amines) is 1. The lowest BCUT2D eigenvalue weighted by Gasteiger charge is -2.32. The average Bonchev–Trinajstić information content (AvgIpc) is 2.96. The monoisotopic (exact) mass is 549 g/mol. The maximum Gasteiger partial charge on any atom is 0.322 e. The Bertz CT molecular complexity index is 1510. The van der Waals surface area contributed by atoms with Crippen LogP contribution in [0.2, 0.25) is 0 Å². The molecule has 5 rings (SSSR count). The van der Waals surface area contributed by atoms with Crippen molar-refractivity contribution in [3.8, 4) is 11.5 Å². The maximum atomic E-state index is 13.9. The number of nitrogens with one attached hydrogen (secondary N) is 2. The molecule has 2 aromatic heterocycles. The quantitative estimate of drug-likeness (QED) is 0.324. The molecule has 10 nitrogen and oxygen atoms in total. The Balaban J connectivity index is 1.23. The van der Waals surface area contributed by atoms with Gasteiger partial charge in [0.25, 0.3) is 0 Å². The zero-order valence-corrected chi connectivity index (χ0v) is 22.3. The molecule has 12 heteroatoms. The van der Waals surface area contributed by atoms with Gasteiger partial charge in [0.1, 0.15) is 41.4 Å². The lowest BCUT2D eigenvalue weighted by molar-refractivity contribution is 0.112. The minimum Gasteiger partial charge on any atom is -0.493 e. The van der Waals surface area contributed by atoms with Gasteiger partial charge in [0.2, 0.25) is 0 Å². The number of hydrogen-bond acceptors (Lipinski definition) is 8. The predicted octanol–water partition coefficient (Wildman–Crippen LogP) is 5.20. The summed E-state index contributed by atoms with van der Waals surface area (Å²) in [6, 6.07) is 10.3. The molecular formula is C28H29F2N7O3. The van der Waals surface area contributed by atoms with Crippen LogP contribution in [0, 0.1) is 11.6 Å². The van der Waals surface area contributed by atoms with Crippen molar-refractivity contribution < 1.29 is 23.0 Å². The number of piperidine rings is 1. The van der Waals surface area contributed by atoms with Crippen LogP contribution >= 0.6 is 0 Å². The summed E-state index contributed by atoms with van der Waals surface area (Å²) in [5, 5.41) is 6.49. The number of methoxy groups -OCH3 is 1. The van der Waals surface area contributed by atoms with Crippen molar-refractivity contribution >= 4 is 39.9 Å². The predicted molar refractivity (Wildman–Crippen MR) is 149 cm³/mol. The van der Waals surface area contributed by atoms with Gasteiger partial charge in [-0.3, -0.25) is 0 Å². The second-order valence-electron chi connectivity index (χ2n) is 9.50. The smallest absolute Gasteiger partial charge is 0.322 e. The van der Waals surface area contributed by atoms with Gasteiger partial charge in [-0.2, -0.15) is 0 Å². The summed E-state index contributed by atoms with van der Waals surface area (Å²) in [7, 11) is 5.40. The van der Waals surface area contributed by atoms with E-state index in [0.29, 0.717) is 48.8 Å². The molecule has 1 aliphatic heterocycles. The van der Waals surface area contributed by atoms with E-state index in [1.165, 1.54) is 17.3 Å². The largest absolute Gasteiger partial charge is 0.493 e. The standard InChI is InChI=1S/C28H29F2N7O3/c1-36(2)25-14-19-22(15-31-25)32-16-33-27(19)34-17-7-8-23(24(13-17)39-3)40-18-9-11-37(12-10-18)28(38)35-26-20(29)5-4-6-21(26)30/h4-8,13-16,18H,9-12H2,1-3H3,(H,35,38)(H,32,33,34). The number of rotatable bonds is 7. The molecule has 0 atom stereocenters. The summed E-state index contributed by atoms with van der Waals surface area (Å²) < 4.78 is 39.6. The highest BCUT2D eigenvalue weighted by Crippen LogP contribution is 2.34. The summed E-state index contributed by atoms with van der Waals surface area (Å²) in [5.74, 6) is 0.881. The summed E-state index contributed by atoms with van der Waals surface area (Å²) in [6.07, 6.45) is 4.12. The first-order chi connectivity index (χ1) is 19.3. The molecule has 208 valence electrons. The fourth-order valence-corrected chi connectivity index (χ4v) is 4.43. The van der Waals surface area contributed by atoms with E-state index in [2.05, 4.69) is 25.6 Å². The lowest BCUT2D eigenvalue weighted by Crippen LogP contribution is -2.44. The molecule has 0 saturated carbocycles. The molecule has 2 N–H and O–H groups in total. The first-order valence-corrected chi connectivity index (χ1v) is 12.7. The van der Waals surface area contributed by atoms with Crippen LogP contribution in [0.4, 0.5) is 36.6 Å². The van der Waals surface area contributed by atoms with E-state index in [-0.39, 0.29) is 6.10 Å². The van der Waals surface area contributed by atoms with E-state index < -0.39 is 23.4 Å². The first-order valence-electron chi connectivity index (χ1n) is 12.7. The van der Waals surface area contributed by atoms with Gasteiger partial charge in [-0.1, -0.05) is 6.07 Å². The Kier molecular flexibility index (Phi) is 7.76. The lowest BCUT2D eigenvalue weighted by atomic mass is 10.1. The van der Waals surface area contributed by atoms with Crippen molar-refractivity contribution in [2.24, 2.45) is 0 Å². The van der Waals surface area contributed by atoms with Crippen LogP contribution in [0.5, 0.6) is 11.5 Å². The van der Waals surface area contributed by atoms with E-state index in [1.807, 2.05) is 43.3 Å². The number of anilines is 4. The second-order valence-corrected chi connectivity index (χ2v) is 9.50. The third kappa shape index (κ3) is 5.80. The Labute approximate surface area is 230 Å². The molecule has 0 spiro atoms. The van der Waals surface area contributed by atoms with E-state index >= 15 is 0 Å². The van der Waals surface area contributed by atoms with Crippen molar-refractivity contribution in [2.45, 2.75) is 18.9 Å². The molecule has 3 heterocycles. The SMILES string of the molecule is COc1cc(Nc2ncnc3cnc(N(C)C)cc23)ccc1OC1CCN(C(=O)Nc2c(F)cccc2F)CC1. The Morgan fingerprint density at radius 2 is 1.77 bits per heavy atom. The molecule has 40 heavy (non-hydrogen) atoms. The number of carbonyl (C=O) groups excluding carboxylic acids is 1. The molecule has 0 aliphatic carbocycles. The number of nitrogens with zero attached hydrogens (tertiary/aromatic N) is 5. The number of pyridine rings is 1. The van der Waals surface area contributed by atoms with Crippen molar-refractivity contribution in [3.63, 3.8) is 0 Å². The van der Waals surface area contributed by atoms with Gasteiger partial charge in [0.05, 0.1) is 18.8 Å². The fraction of sp³-hybridized carbons (Fsp3) is 0.286. The molecule has 0 unspecified atom stereocenters. The van der Waals surface area contributed by atoms with Crippen molar-refractivity contribution in [1.29, 1.82) is 0 Å². The molecule has 1 fully saturated rings. The maximum absolute atomic E-state index is 13.9. The fourth-order valence-electron chi connectivity index (χ4n) is 4.43. The molecule has 0 radical (unpaired) electrons. The number of ether oxygens (including phenoxy) is 2. The highest BCUT2D eigenvalue weighted by atomic mass is 19.1. The third-order valence-electron chi connectivity index (χ3n) is 6.61. The number of halogens is 2. The highest BCUT2D eigenvalue weighted by Gasteiger charge is 2.26. The van der Waals surface area contributed by atoms with Gasteiger partial charge < -0.3 is 29.9 Å². The minimum atomic E-state index is -0.820. The van der Waals surface area contributed by atoms with Crippen molar-refractivity contribution in [3.05, 3.63) is 66.6 Å². The summed E-state index contributed by atoms with van der Waals surface area (Å²) in [5.41, 5.74) is 1.02. The van der Waals surface area contributed by atoms with Crippen LogP contribution in [-0.4, -0.2) is 66.3 Å². The number of carbonyl (C=O) groups is 1. The van der Waals surface area contributed by atoms with Crippen molar-refractivity contribution in [2.75, 3.05) is 49.8 Å². The number of hydrogen-bond donors (Lipinski definition) is 2. The Morgan fingerprint density at radius 3 is 2.48 bits per heavy atom. The number of benzene rings is 2. The van der Waals surface area contributed by atoms with Gasteiger partial charge in [-0.05, 0) is 30.3 Å². The minimum absolute atomic E-state index is 0.162. The van der Waals surface area contributed by atoms with Crippen LogP contribution in [-0.2, 0) is 0 Å². The van der Waals surface area contributed by atoms with Gasteiger partial charge >= 0.3 is 6.03 Å². The number of urea groups is 1. The van der Waals surface area contributed by atoms with Gasteiger partial charge in [-0.25, -0.2) is 28.5 Å². The number of fused-ring (bicyclic) bond motifs is 1. The normalized spacial score (nSPS) is 13.7. The summed E-state index contributed by atoms with van der Waals surface area (Å²) >= 11 is 0. The molecule has 1 aliphatic rings. The van der Waals surface area contributed by atoms with Crippen LogP contribution in [0.3, 0.4) is 0 Å². The van der Waals surface area contributed by atoms with Crippen LogP contribution in [0.15, 0.2) is 55.0 Å². The van der Waals surface area contributed by atoms with E-state index in [4.69, 9.17) is 9.47 Å². The zero-order valence-electron chi connectivity index (χ0n) is 22.3. The molecule has 2 aromatic carbocycles. The van der Waals surface area contributed by atoms with Gasteiger partial charge in [-0.15, -0.1) is 0 Å². The van der Waals surface area contributed by atoms with Gasteiger partial charge in [0.15, 0.2) is 11.5 Å². The van der Waals surface area contributed by atoms with Crippen molar-refractivity contribution in [1.82, 2.24) is 19.9 Å². The molecule has 2 amide bonds. The second kappa shape index (κ2) is 11.6. The summed E-state index contributed by atoms with van der Waals surface area (Å²) in [6.45, 7) is 0.748. The van der Waals surface area contributed by atoms with Gasteiger partial charge in [0, 0.05) is 57.2 Å². The van der Waals surface area contributed by atoms with Crippen LogP contribution in [0.25, 0.3) is 10.9 Å². The van der Waals surface area contributed by atoms with Crippen LogP contribution in [0.1, 0.15) is 12.8 Å². The van der Waals surface area contributed by atoms with Crippen LogP contribution < -0.4 is 25.0 Å². The molecular weight excluding hydrogens is 520 g/mol. The van der Waals surface area contributed by atoms with E-state index in [0.717, 1.165) is 29.0 Å². The molecule has 4 aromatic rings. The number of aromatic nitrogens is 3. The number of para-hydroxylation sites is 1. The molecule has 0 bridgehead atoms.